The SMILES string of the molecule is C[C@@H](CO)NC(=O)Nc1ccc(COc2ccccc2)cc1. The third-order valence-electron chi connectivity index (χ3n) is 3.01. The first-order valence-electron chi connectivity index (χ1n) is 7.12. The van der Waals surface area contributed by atoms with Gasteiger partial charge in [0.1, 0.15) is 12.4 Å². The fraction of sp³-hybridized carbons (Fsp3) is 0.235. The van der Waals surface area contributed by atoms with Crippen molar-refractivity contribution < 1.29 is 14.6 Å². The molecule has 0 aliphatic carbocycles. The second kappa shape index (κ2) is 8.05. The summed E-state index contributed by atoms with van der Waals surface area (Å²) in [6.07, 6.45) is 0. The van der Waals surface area contributed by atoms with Gasteiger partial charge in [-0.2, -0.15) is 0 Å². The van der Waals surface area contributed by atoms with Gasteiger partial charge in [0.05, 0.1) is 12.6 Å². The Hall–Kier alpha value is -2.53. The van der Waals surface area contributed by atoms with E-state index in [4.69, 9.17) is 9.84 Å². The number of hydrogen-bond donors (Lipinski definition) is 3. The highest BCUT2D eigenvalue weighted by atomic mass is 16.5. The van der Waals surface area contributed by atoms with Crippen LogP contribution in [0.15, 0.2) is 54.6 Å². The van der Waals surface area contributed by atoms with Crippen LogP contribution in [0.3, 0.4) is 0 Å². The second-order valence-electron chi connectivity index (χ2n) is 4.98. The third-order valence-corrected chi connectivity index (χ3v) is 3.01. The fourth-order valence-corrected chi connectivity index (χ4v) is 1.80. The number of benzene rings is 2. The van der Waals surface area contributed by atoms with Crippen LogP contribution in [0.2, 0.25) is 0 Å². The minimum Gasteiger partial charge on any atom is -0.489 e. The zero-order valence-corrected chi connectivity index (χ0v) is 12.5. The first-order chi connectivity index (χ1) is 10.7. The molecule has 5 heteroatoms. The zero-order chi connectivity index (χ0) is 15.8. The fourth-order valence-electron chi connectivity index (χ4n) is 1.80. The summed E-state index contributed by atoms with van der Waals surface area (Å²) in [6.45, 7) is 2.10. The molecule has 0 spiro atoms. The van der Waals surface area contributed by atoms with E-state index in [-0.39, 0.29) is 18.7 Å². The van der Waals surface area contributed by atoms with Crippen LogP contribution in [-0.4, -0.2) is 23.8 Å². The maximum absolute atomic E-state index is 11.6. The molecule has 0 radical (unpaired) electrons. The number of amides is 2. The largest absolute Gasteiger partial charge is 0.489 e. The van der Waals surface area contributed by atoms with E-state index in [1.165, 1.54) is 0 Å². The average Bonchev–Trinajstić information content (AvgIpc) is 2.55. The normalized spacial score (nSPS) is 11.5. The summed E-state index contributed by atoms with van der Waals surface area (Å²) in [7, 11) is 0. The maximum Gasteiger partial charge on any atom is 0.319 e. The van der Waals surface area contributed by atoms with Crippen LogP contribution >= 0.6 is 0 Å². The first-order valence-corrected chi connectivity index (χ1v) is 7.12. The molecule has 0 unspecified atom stereocenters. The van der Waals surface area contributed by atoms with Crippen LogP contribution < -0.4 is 15.4 Å². The summed E-state index contributed by atoms with van der Waals surface area (Å²) in [5.41, 5.74) is 1.70. The summed E-state index contributed by atoms with van der Waals surface area (Å²) < 4.78 is 5.65. The molecule has 1 atom stereocenters. The number of aliphatic hydroxyl groups excluding tert-OH is 1. The number of carbonyl (C=O) groups excluding carboxylic acids is 1. The van der Waals surface area contributed by atoms with Crippen molar-refractivity contribution in [2.24, 2.45) is 0 Å². The van der Waals surface area contributed by atoms with Crippen LogP contribution in [-0.2, 0) is 6.61 Å². The molecule has 0 saturated heterocycles. The topological polar surface area (TPSA) is 70.6 Å². The lowest BCUT2D eigenvalue weighted by molar-refractivity contribution is 0.229. The number of ether oxygens (including phenoxy) is 1. The molecule has 0 aliphatic rings. The summed E-state index contributed by atoms with van der Waals surface area (Å²) in [4.78, 5) is 11.6. The number of anilines is 1. The molecule has 0 aliphatic heterocycles. The van der Waals surface area contributed by atoms with E-state index >= 15 is 0 Å². The predicted molar refractivity (Wildman–Crippen MR) is 85.9 cm³/mol. The molecule has 2 rings (SSSR count). The highest BCUT2D eigenvalue weighted by Crippen LogP contribution is 2.14. The Morgan fingerprint density at radius 2 is 1.82 bits per heavy atom. The van der Waals surface area contributed by atoms with Crippen LogP contribution in [0.25, 0.3) is 0 Å². The molecule has 2 aromatic carbocycles. The smallest absolute Gasteiger partial charge is 0.319 e. The van der Waals surface area contributed by atoms with Gasteiger partial charge in [-0.15, -0.1) is 0 Å². The van der Waals surface area contributed by atoms with Crippen molar-refractivity contribution in [3.05, 3.63) is 60.2 Å². The molecule has 0 aromatic heterocycles. The van der Waals surface area contributed by atoms with Gasteiger partial charge >= 0.3 is 6.03 Å². The van der Waals surface area contributed by atoms with Crippen LogP contribution in [0.5, 0.6) is 5.75 Å². The highest BCUT2D eigenvalue weighted by molar-refractivity contribution is 5.89. The van der Waals surface area contributed by atoms with Crippen molar-refractivity contribution in [1.82, 2.24) is 5.32 Å². The second-order valence-corrected chi connectivity index (χ2v) is 4.98. The van der Waals surface area contributed by atoms with Crippen molar-refractivity contribution in [3.8, 4) is 5.75 Å². The standard InChI is InChI=1S/C17H20N2O3/c1-13(11-20)18-17(21)19-15-9-7-14(8-10-15)12-22-16-5-3-2-4-6-16/h2-10,13,20H,11-12H2,1H3,(H2,18,19,21)/t13-/m0/s1. The molecular weight excluding hydrogens is 280 g/mol. The minimum absolute atomic E-state index is 0.0941. The Morgan fingerprint density at radius 3 is 2.45 bits per heavy atom. The van der Waals surface area contributed by atoms with Crippen molar-refractivity contribution >= 4 is 11.7 Å². The Bertz CT molecular complexity index is 585. The molecular formula is C17H20N2O3. The number of rotatable bonds is 6. The van der Waals surface area contributed by atoms with E-state index in [0.29, 0.717) is 12.3 Å². The van der Waals surface area contributed by atoms with Crippen molar-refractivity contribution in [2.75, 3.05) is 11.9 Å². The molecule has 116 valence electrons. The molecule has 0 bridgehead atoms. The summed E-state index contributed by atoms with van der Waals surface area (Å²) in [6, 6.07) is 16.4. The lowest BCUT2D eigenvalue weighted by Gasteiger charge is -2.12. The van der Waals surface area contributed by atoms with Gasteiger partial charge in [-0.25, -0.2) is 4.79 Å². The van der Waals surface area contributed by atoms with Gasteiger partial charge in [0.2, 0.25) is 0 Å². The predicted octanol–water partition coefficient (Wildman–Crippen LogP) is 2.77. The first kappa shape index (κ1) is 15.9. The van der Waals surface area contributed by atoms with E-state index < -0.39 is 0 Å². The van der Waals surface area contributed by atoms with Gasteiger partial charge in [0, 0.05) is 5.69 Å². The zero-order valence-electron chi connectivity index (χ0n) is 12.5. The summed E-state index contributed by atoms with van der Waals surface area (Å²) >= 11 is 0. The number of hydrogen-bond acceptors (Lipinski definition) is 3. The van der Waals surface area contributed by atoms with Crippen molar-refractivity contribution in [1.29, 1.82) is 0 Å². The van der Waals surface area contributed by atoms with Crippen LogP contribution in [0.1, 0.15) is 12.5 Å². The highest BCUT2D eigenvalue weighted by Gasteiger charge is 2.06. The Kier molecular flexibility index (Phi) is 5.80. The van der Waals surface area contributed by atoms with Crippen LogP contribution in [0.4, 0.5) is 10.5 Å². The van der Waals surface area contributed by atoms with E-state index in [2.05, 4.69) is 10.6 Å². The Morgan fingerprint density at radius 1 is 1.14 bits per heavy atom. The molecule has 3 N–H and O–H groups in total. The number of carbonyl (C=O) groups is 1. The number of para-hydroxylation sites is 1. The van der Waals surface area contributed by atoms with E-state index in [1.807, 2.05) is 54.6 Å². The van der Waals surface area contributed by atoms with E-state index in [9.17, 15) is 4.79 Å². The van der Waals surface area contributed by atoms with Gasteiger partial charge < -0.3 is 20.5 Å². The molecule has 22 heavy (non-hydrogen) atoms. The lowest BCUT2D eigenvalue weighted by atomic mass is 10.2. The average molecular weight is 300 g/mol. The number of urea groups is 1. The van der Waals surface area contributed by atoms with Gasteiger partial charge in [-0.3, -0.25) is 0 Å². The minimum atomic E-state index is -0.338. The molecule has 5 nitrogen and oxygen atoms in total. The maximum atomic E-state index is 11.6. The van der Waals surface area contributed by atoms with Gasteiger partial charge in [0.15, 0.2) is 0 Å². The van der Waals surface area contributed by atoms with Crippen molar-refractivity contribution in [2.45, 2.75) is 19.6 Å². The number of aliphatic hydroxyl groups is 1. The third kappa shape index (κ3) is 5.10. The summed E-state index contributed by atoms with van der Waals surface area (Å²) in [5.74, 6) is 0.821. The molecule has 2 aromatic rings. The Balaban J connectivity index is 1.83. The van der Waals surface area contributed by atoms with Gasteiger partial charge in [0.25, 0.3) is 0 Å². The van der Waals surface area contributed by atoms with E-state index in [1.54, 1.807) is 6.92 Å². The van der Waals surface area contributed by atoms with Crippen LogP contribution in [0, 0.1) is 0 Å². The molecule has 0 fully saturated rings. The monoisotopic (exact) mass is 300 g/mol. The number of nitrogens with one attached hydrogen (secondary N) is 2. The molecule has 0 heterocycles. The summed E-state index contributed by atoms with van der Waals surface area (Å²) in [5, 5.41) is 14.2. The Labute approximate surface area is 129 Å². The molecule has 0 saturated carbocycles. The molecule has 2 amide bonds. The van der Waals surface area contributed by atoms with Gasteiger partial charge in [-0.1, -0.05) is 30.3 Å². The van der Waals surface area contributed by atoms with Gasteiger partial charge in [-0.05, 0) is 36.8 Å². The quantitative estimate of drug-likeness (QED) is 0.768. The van der Waals surface area contributed by atoms with Crippen molar-refractivity contribution in [3.63, 3.8) is 0 Å². The lowest BCUT2D eigenvalue weighted by Crippen LogP contribution is -2.38. The van der Waals surface area contributed by atoms with E-state index in [0.717, 1.165) is 11.3 Å².